The SMILES string of the molecule is CSCCC(NC(=O)C(CCC(N)=O)NC(=O)C(CCCN=C(N)N)NC(=O)C(N)Cc1ccc(O)cc1)C(=O)O. The lowest BCUT2D eigenvalue weighted by Crippen LogP contribution is -2.57. The average Bonchev–Trinajstić information content (AvgIpc) is 2.90. The van der Waals surface area contributed by atoms with Crippen molar-refractivity contribution in [2.24, 2.45) is 27.9 Å². The molecule has 0 aromatic heterocycles. The highest BCUT2D eigenvalue weighted by molar-refractivity contribution is 7.98. The zero-order chi connectivity index (χ0) is 30.9. The molecule has 0 heterocycles. The summed E-state index contributed by atoms with van der Waals surface area (Å²) in [4.78, 5) is 66.0. The zero-order valence-electron chi connectivity index (χ0n) is 22.9. The van der Waals surface area contributed by atoms with Crippen molar-refractivity contribution < 1.29 is 34.2 Å². The molecule has 16 heteroatoms. The van der Waals surface area contributed by atoms with Gasteiger partial charge in [0.2, 0.25) is 23.6 Å². The van der Waals surface area contributed by atoms with Crippen LogP contribution in [0.15, 0.2) is 29.3 Å². The van der Waals surface area contributed by atoms with E-state index in [1.807, 2.05) is 0 Å². The summed E-state index contributed by atoms with van der Waals surface area (Å²) in [7, 11) is 0. The van der Waals surface area contributed by atoms with Crippen LogP contribution in [0.4, 0.5) is 0 Å². The van der Waals surface area contributed by atoms with E-state index in [0.29, 0.717) is 11.3 Å². The molecule has 1 aromatic rings. The highest BCUT2D eigenvalue weighted by Gasteiger charge is 2.30. The third-order valence-corrected chi connectivity index (χ3v) is 6.49. The number of carboxylic acids is 1. The number of carbonyl (C=O) groups is 5. The molecule has 1 aromatic carbocycles. The van der Waals surface area contributed by atoms with E-state index in [-0.39, 0.29) is 56.8 Å². The van der Waals surface area contributed by atoms with Gasteiger partial charge in [0.1, 0.15) is 23.9 Å². The largest absolute Gasteiger partial charge is 0.508 e. The summed E-state index contributed by atoms with van der Waals surface area (Å²) in [6, 6.07) is 1.37. The van der Waals surface area contributed by atoms with Gasteiger partial charge in [0, 0.05) is 13.0 Å². The number of hydrogen-bond donors (Lipinski definition) is 9. The molecule has 0 saturated carbocycles. The second-order valence-corrected chi connectivity index (χ2v) is 10.2. The standard InChI is InChI=1S/C25H40N8O7S/c1-41-12-10-19(24(39)40)33-23(38)18(8-9-20(27)35)32-22(37)17(3-2-11-30-25(28)29)31-21(36)16(26)13-14-4-6-15(34)7-5-14/h4-7,16-19,34H,2-3,8-13,26H2,1H3,(H2,27,35)(H,31,36)(H,32,37)(H,33,38)(H,39,40)(H4,28,29,30). The Morgan fingerprint density at radius 1 is 0.878 bits per heavy atom. The van der Waals surface area contributed by atoms with Crippen molar-refractivity contribution in [3.05, 3.63) is 29.8 Å². The fourth-order valence-electron chi connectivity index (χ4n) is 3.62. The monoisotopic (exact) mass is 596 g/mol. The Morgan fingerprint density at radius 3 is 1.98 bits per heavy atom. The fourth-order valence-corrected chi connectivity index (χ4v) is 4.09. The number of benzene rings is 1. The van der Waals surface area contributed by atoms with E-state index in [4.69, 9.17) is 22.9 Å². The number of carboxylic acid groups (broad SMARTS) is 1. The highest BCUT2D eigenvalue weighted by atomic mass is 32.2. The maximum atomic E-state index is 13.3. The summed E-state index contributed by atoms with van der Waals surface area (Å²) in [5, 5.41) is 26.4. The Hall–Kier alpha value is -4.05. The molecule has 4 unspecified atom stereocenters. The Balaban J connectivity index is 3.06. The van der Waals surface area contributed by atoms with Crippen molar-refractivity contribution in [3.63, 3.8) is 0 Å². The molecule has 0 aliphatic carbocycles. The van der Waals surface area contributed by atoms with Crippen LogP contribution in [-0.2, 0) is 30.4 Å². The number of phenols is 1. The molecule has 0 spiro atoms. The number of rotatable bonds is 19. The first-order valence-electron chi connectivity index (χ1n) is 12.8. The third kappa shape index (κ3) is 14.2. The molecule has 0 fully saturated rings. The van der Waals surface area contributed by atoms with Crippen LogP contribution in [0.5, 0.6) is 5.75 Å². The zero-order valence-corrected chi connectivity index (χ0v) is 23.7. The van der Waals surface area contributed by atoms with E-state index in [1.54, 1.807) is 18.4 Å². The number of hydrogen-bond acceptors (Lipinski definition) is 9. The number of aliphatic carboxylic acids is 1. The Kier molecular flexibility index (Phi) is 15.6. The molecule has 1 rings (SSSR count). The number of carbonyl (C=O) groups excluding carboxylic acids is 4. The first-order valence-corrected chi connectivity index (χ1v) is 14.2. The van der Waals surface area contributed by atoms with Gasteiger partial charge in [-0.2, -0.15) is 11.8 Å². The van der Waals surface area contributed by atoms with E-state index in [2.05, 4.69) is 20.9 Å². The van der Waals surface area contributed by atoms with Gasteiger partial charge < -0.3 is 49.1 Å². The summed E-state index contributed by atoms with van der Waals surface area (Å²) in [5.74, 6) is -3.84. The Labute approximate surface area is 242 Å². The maximum Gasteiger partial charge on any atom is 0.326 e. The number of nitrogens with two attached hydrogens (primary N) is 4. The molecule has 13 N–H and O–H groups in total. The van der Waals surface area contributed by atoms with Gasteiger partial charge in [-0.25, -0.2) is 4.79 Å². The number of amides is 4. The molecular weight excluding hydrogens is 556 g/mol. The van der Waals surface area contributed by atoms with Crippen LogP contribution in [0.25, 0.3) is 0 Å². The van der Waals surface area contributed by atoms with Gasteiger partial charge in [-0.05, 0) is 61.8 Å². The number of nitrogens with one attached hydrogen (secondary N) is 3. The second-order valence-electron chi connectivity index (χ2n) is 9.23. The average molecular weight is 597 g/mol. The number of aliphatic imine (C=N–C) groups is 1. The van der Waals surface area contributed by atoms with Gasteiger partial charge in [-0.15, -0.1) is 0 Å². The van der Waals surface area contributed by atoms with Crippen molar-refractivity contribution in [2.75, 3.05) is 18.6 Å². The van der Waals surface area contributed by atoms with E-state index in [1.165, 1.54) is 23.9 Å². The summed E-state index contributed by atoms with van der Waals surface area (Å²) in [6.07, 6.45) is 1.92. The van der Waals surface area contributed by atoms with Gasteiger partial charge in [0.25, 0.3) is 0 Å². The lowest BCUT2D eigenvalue weighted by atomic mass is 10.0. The molecule has 0 radical (unpaired) electrons. The second kappa shape index (κ2) is 18.3. The van der Waals surface area contributed by atoms with Gasteiger partial charge >= 0.3 is 5.97 Å². The van der Waals surface area contributed by atoms with Crippen LogP contribution in [0, 0.1) is 0 Å². The van der Waals surface area contributed by atoms with E-state index in [9.17, 15) is 34.2 Å². The third-order valence-electron chi connectivity index (χ3n) is 5.84. The van der Waals surface area contributed by atoms with Crippen molar-refractivity contribution in [3.8, 4) is 5.75 Å². The Morgan fingerprint density at radius 2 is 1.44 bits per heavy atom. The minimum absolute atomic E-state index is 0.0538. The van der Waals surface area contributed by atoms with E-state index in [0.717, 1.165) is 0 Å². The van der Waals surface area contributed by atoms with E-state index >= 15 is 0 Å². The van der Waals surface area contributed by atoms with Gasteiger partial charge in [0.05, 0.1) is 6.04 Å². The van der Waals surface area contributed by atoms with Gasteiger partial charge in [-0.3, -0.25) is 24.2 Å². The van der Waals surface area contributed by atoms with Crippen LogP contribution in [0.3, 0.4) is 0 Å². The Bertz CT molecular complexity index is 1070. The number of phenolic OH excluding ortho intramolecular Hbond substituents is 1. The first kappa shape index (κ1) is 35.0. The summed E-state index contributed by atoms with van der Waals surface area (Å²) in [6.45, 7) is 0.156. The molecule has 0 saturated heterocycles. The highest BCUT2D eigenvalue weighted by Crippen LogP contribution is 2.11. The normalized spacial score (nSPS) is 13.6. The van der Waals surface area contributed by atoms with Crippen LogP contribution < -0.4 is 38.9 Å². The number of guanidine groups is 1. The molecule has 0 aliphatic heterocycles. The number of aromatic hydroxyl groups is 1. The minimum Gasteiger partial charge on any atom is -0.508 e. The predicted molar refractivity (Wildman–Crippen MR) is 155 cm³/mol. The van der Waals surface area contributed by atoms with Crippen LogP contribution in [-0.4, -0.2) is 88.5 Å². The van der Waals surface area contributed by atoms with Crippen molar-refractivity contribution in [1.29, 1.82) is 0 Å². The van der Waals surface area contributed by atoms with Crippen LogP contribution in [0.2, 0.25) is 0 Å². The van der Waals surface area contributed by atoms with Crippen molar-refractivity contribution in [1.82, 2.24) is 16.0 Å². The first-order chi connectivity index (χ1) is 19.3. The van der Waals surface area contributed by atoms with Crippen molar-refractivity contribution >= 4 is 47.3 Å². The number of primary amides is 1. The molecule has 228 valence electrons. The molecule has 0 bridgehead atoms. The number of thioether (sulfide) groups is 1. The smallest absolute Gasteiger partial charge is 0.326 e. The number of nitrogens with zero attached hydrogens (tertiary/aromatic N) is 1. The summed E-state index contributed by atoms with van der Waals surface area (Å²) >= 11 is 1.40. The van der Waals surface area contributed by atoms with Gasteiger partial charge in [-0.1, -0.05) is 12.1 Å². The van der Waals surface area contributed by atoms with Gasteiger partial charge in [0.15, 0.2) is 5.96 Å². The van der Waals surface area contributed by atoms with E-state index < -0.39 is 53.8 Å². The molecule has 4 atom stereocenters. The lowest BCUT2D eigenvalue weighted by Gasteiger charge is -2.25. The quantitative estimate of drug-likeness (QED) is 0.0472. The molecule has 41 heavy (non-hydrogen) atoms. The minimum atomic E-state index is -1.31. The predicted octanol–water partition coefficient (Wildman–Crippen LogP) is -2.13. The lowest BCUT2D eigenvalue weighted by molar-refractivity contribution is -0.142. The molecule has 4 amide bonds. The molecule has 15 nitrogen and oxygen atoms in total. The molecular formula is C25H40N8O7S. The summed E-state index contributed by atoms with van der Waals surface area (Å²) in [5.41, 5.74) is 22.6. The summed E-state index contributed by atoms with van der Waals surface area (Å²) < 4.78 is 0. The van der Waals surface area contributed by atoms with Crippen LogP contribution >= 0.6 is 11.8 Å². The van der Waals surface area contributed by atoms with Crippen LogP contribution in [0.1, 0.15) is 37.7 Å². The molecule has 0 aliphatic rings. The topological polar surface area (TPSA) is 278 Å². The fraction of sp³-hybridized carbons (Fsp3) is 0.520. The maximum absolute atomic E-state index is 13.3. The van der Waals surface area contributed by atoms with Crippen molar-refractivity contribution in [2.45, 2.75) is 62.7 Å².